The molecule has 3 rings (SSSR count). The number of amides is 1. The monoisotopic (exact) mass is 357 g/mol. The molecule has 25 heavy (non-hydrogen) atoms. The van der Waals surface area contributed by atoms with Gasteiger partial charge in [0.25, 0.3) is 5.91 Å². The summed E-state index contributed by atoms with van der Waals surface area (Å²) in [6.45, 7) is 5.81. The van der Waals surface area contributed by atoms with E-state index < -0.39 is 6.10 Å². The van der Waals surface area contributed by atoms with Crippen LogP contribution in [0.2, 0.25) is 0 Å². The second kappa shape index (κ2) is 7.48. The molecule has 0 spiro atoms. The van der Waals surface area contributed by atoms with Crippen LogP contribution in [0, 0.1) is 13.8 Å². The normalized spacial score (nSPS) is 12.0. The Morgan fingerprint density at radius 3 is 2.96 bits per heavy atom. The first kappa shape index (κ1) is 17.2. The summed E-state index contributed by atoms with van der Waals surface area (Å²) < 4.78 is 10.9. The summed E-state index contributed by atoms with van der Waals surface area (Å²) in [5.41, 5.74) is 2.07. The summed E-state index contributed by atoms with van der Waals surface area (Å²) in [7, 11) is 0. The molecule has 1 N–H and O–H groups in total. The van der Waals surface area contributed by atoms with Gasteiger partial charge in [-0.25, -0.2) is 0 Å². The Hall–Kier alpha value is -2.67. The molecule has 7 heteroatoms. The van der Waals surface area contributed by atoms with Gasteiger partial charge >= 0.3 is 0 Å². The maximum absolute atomic E-state index is 12.2. The number of aryl methyl sites for hydroxylation is 2. The molecule has 0 radical (unpaired) electrons. The molecule has 0 aliphatic heterocycles. The van der Waals surface area contributed by atoms with E-state index in [1.54, 1.807) is 6.92 Å². The maximum Gasteiger partial charge on any atom is 0.261 e. The first-order valence-corrected chi connectivity index (χ1v) is 8.79. The fourth-order valence-corrected chi connectivity index (χ4v) is 2.87. The van der Waals surface area contributed by atoms with E-state index in [1.165, 1.54) is 11.3 Å². The third-order valence-electron chi connectivity index (χ3n) is 3.64. The van der Waals surface area contributed by atoms with Crippen molar-refractivity contribution in [3.8, 4) is 16.5 Å². The SMILES string of the molecule is Cc1ccc(C)c(OC(C)C(=O)NCc2nc(-c3cccs3)no2)c1. The predicted octanol–water partition coefficient (Wildman–Crippen LogP) is 3.50. The number of nitrogens with zero attached hydrogens (tertiary/aromatic N) is 2. The second-order valence-corrected chi connectivity index (χ2v) is 6.68. The number of ether oxygens (including phenoxy) is 1. The van der Waals surface area contributed by atoms with Gasteiger partial charge in [-0.1, -0.05) is 23.4 Å². The minimum Gasteiger partial charge on any atom is -0.481 e. The first-order valence-electron chi connectivity index (χ1n) is 7.91. The topological polar surface area (TPSA) is 77.2 Å². The van der Waals surface area contributed by atoms with Gasteiger partial charge in [-0.2, -0.15) is 4.98 Å². The van der Waals surface area contributed by atoms with Crippen LogP contribution >= 0.6 is 11.3 Å². The van der Waals surface area contributed by atoms with Crippen molar-refractivity contribution in [3.63, 3.8) is 0 Å². The number of benzene rings is 1. The van der Waals surface area contributed by atoms with E-state index in [9.17, 15) is 4.79 Å². The number of hydrogen-bond donors (Lipinski definition) is 1. The second-order valence-electron chi connectivity index (χ2n) is 5.74. The number of aromatic nitrogens is 2. The van der Waals surface area contributed by atoms with Crippen molar-refractivity contribution in [1.29, 1.82) is 0 Å². The number of carbonyl (C=O) groups is 1. The molecule has 1 amide bonds. The number of hydrogen-bond acceptors (Lipinski definition) is 6. The Morgan fingerprint density at radius 1 is 1.36 bits per heavy atom. The molecule has 2 heterocycles. The Morgan fingerprint density at radius 2 is 2.20 bits per heavy atom. The zero-order chi connectivity index (χ0) is 17.8. The zero-order valence-electron chi connectivity index (χ0n) is 14.3. The quantitative estimate of drug-likeness (QED) is 0.730. The molecular formula is C18H19N3O3S. The molecule has 1 unspecified atom stereocenters. The van der Waals surface area contributed by atoms with Gasteiger partial charge < -0.3 is 14.6 Å². The molecule has 1 aromatic carbocycles. The van der Waals surface area contributed by atoms with Crippen LogP contribution in [-0.2, 0) is 11.3 Å². The summed E-state index contributed by atoms with van der Waals surface area (Å²) in [4.78, 5) is 17.4. The maximum atomic E-state index is 12.2. The van der Waals surface area contributed by atoms with Crippen LogP contribution in [0.1, 0.15) is 23.9 Å². The standard InChI is InChI=1S/C18H19N3O3S/c1-11-6-7-12(2)14(9-11)23-13(3)18(22)19-10-16-20-17(21-24-16)15-5-4-8-25-15/h4-9,13H,10H2,1-3H3,(H,19,22). The van der Waals surface area contributed by atoms with Gasteiger partial charge in [0, 0.05) is 0 Å². The van der Waals surface area contributed by atoms with Crippen LogP contribution in [-0.4, -0.2) is 22.2 Å². The summed E-state index contributed by atoms with van der Waals surface area (Å²) in [6, 6.07) is 9.74. The summed E-state index contributed by atoms with van der Waals surface area (Å²) in [6.07, 6.45) is -0.625. The Balaban J connectivity index is 1.56. The van der Waals surface area contributed by atoms with E-state index in [0.29, 0.717) is 17.5 Å². The molecule has 0 aliphatic rings. The summed E-state index contributed by atoms with van der Waals surface area (Å²) in [5.74, 6) is 1.35. The van der Waals surface area contributed by atoms with Crippen molar-refractivity contribution >= 4 is 17.2 Å². The van der Waals surface area contributed by atoms with Crippen molar-refractivity contribution in [3.05, 3.63) is 52.7 Å². The van der Waals surface area contributed by atoms with E-state index >= 15 is 0 Å². The lowest BCUT2D eigenvalue weighted by Gasteiger charge is -2.16. The fraction of sp³-hybridized carbons (Fsp3) is 0.278. The van der Waals surface area contributed by atoms with E-state index in [1.807, 2.05) is 49.6 Å². The lowest BCUT2D eigenvalue weighted by molar-refractivity contribution is -0.127. The van der Waals surface area contributed by atoms with Crippen LogP contribution in [0.3, 0.4) is 0 Å². The molecule has 2 aromatic heterocycles. The first-order chi connectivity index (χ1) is 12.0. The van der Waals surface area contributed by atoms with E-state index in [-0.39, 0.29) is 12.5 Å². The molecule has 0 saturated heterocycles. The van der Waals surface area contributed by atoms with Crippen molar-refractivity contribution in [1.82, 2.24) is 15.5 Å². The summed E-state index contributed by atoms with van der Waals surface area (Å²) >= 11 is 1.53. The number of carbonyl (C=O) groups excluding carboxylic acids is 1. The van der Waals surface area contributed by atoms with Gasteiger partial charge in [0.15, 0.2) is 6.10 Å². The Bertz CT molecular complexity index is 858. The zero-order valence-corrected chi connectivity index (χ0v) is 15.1. The minimum atomic E-state index is -0.625. The van der Waals surface area contributed by atoms with Gasteiger partial charge in [-0.05, 0) is 49.4 Å². The smallest absolute Gasteiger partial charge is 0.261 e. The molecule has 0 saturated carbocycles. The van der Waals surface area contributed by atoms with Gasteiger partial charge in [0.05, 0.1) is 11.4 Å². The van der Waals surface area contributed by atoms with Crippen LogP contribution in [0.15, 0.2) is 40.2 Å². The average Bonchev–Trinajstić information content (AvgIpc) is 3.26. The van der Waals surface area contributed by atoms with Crippen molar-refractivity contribution in [2.45, 2.75) is 33.4 Å². The third kappa shape index (κ3) is 4.24. The van der Waals surface area contributed by atoms with E-state index in [2.05, 4.69) is 15.5 Å². The minimum absolute atomic E-state index is 0.164. The fourth-order valence-electron chi connectivity index (χ4n) is 2.22. The lowest BCUT2D eigenvalue weighted by Crippen LogP contribution is -2.36. The van der Waals surface area contributed by atoms with Crippen LogP contribution in [0.4, 0.5) is 0 Å². The van der Waals surface area contributed by atoms with Crippen LogP contribution in [0.5, 0.6) is 5.75 Å². The van der Waals surface area contributed by atoms with Gasteiger partial charge in [-0.3, -0.25) is 4.79 Å². The number of rotatable bonds is 6. The molecule has 1 atom stereocenters. The Labute approximate surface area is 149 Å². The molecular weight excluding hydrogens is 338 g/mol. The molecule has 130 valence electrons. The summed E-state index contributed by atoms with van der Waals surface area (Å²) in [5, 5.41) is 8.61. The highest BCUT2D eigenvalue weighted by Gasteiger charge is 2.17. The van der Waals surface area contributed by atoms with Crippen LogP contribution < -0.4 is 10.1 Å². The highest BCUT2D eigenvalue weighted by atomic mass is 32.1. The average molecular weight is 357 g/mol. The van der Waals surface area contributed by atoms with Gasteiger partial charge in [0.1, 0.15) is 5.75 Å². The molecule has 3 aromatic rings. The largest absolute Gasteiger partial charge is 0.481 e. The van der Waals surface area contributed by atoms with E-state index in [4.69, 9.17) is 9.26 Å². The van der Waals surface area contributed by atoms with Crippen LogP contribution in [0.25, 0.3) is 10.7 Å². The van der Waals surface area contributed by atoms with Gasteiger partial charge in [0.2, 0.25) is 11.7 Å². The van der Waals surface area contributed by atoms with E-state index in [0.717, 1.165) is 16.0 Å². The molecule has 0 bridgehead atoms. The predicted molar refractivity (Wildman–Crippen MR) is 95.5 cm³/mol. The van der Waals surface area contributed by atoms with Crippen molar-refractivity contribution < 1.29 is 14.1 Å². The highest BCUT2D eigenvalue weighted by molar-refractivity contribution is 7.13. The van der Waals surface area contributed by atoms with Crippen molar-refractivity contribution in [2.24, 2.45) is 0 Å². The number of thiophene rings is 1. The number of nitrogens with one attached hydrogen (secondary N) is 1. The third-order valence-corrected chi connectivity index (χ3v) is 4.51. The van der Waals surface area contributed by atoms with Gasteiger partial charge in [-0.15, -0.1) is 11.3 Å². The molecule has 6 nitrogen and oxygen atoms in total. The molecule has 0 fully saturated rings. The van der Waals surface area contributed by atoms with Crippen molar-refractivity contribution in [2.75, 3.05) is 0 Å². The molecule has 0 aliphatic carbocycles. The highest BCUT2D eigenvalue weighted by Crippen LogP contribution is 2.22. The Kier molecular flexibility index (Phi) is 5.14. The lowest BCUT2D eigenvalue weighted by atomic mass is 10.1.